The SMILES string of the molecule is COc1cccc(CNc2ncc(C(=O)NCc3cccnc3)c(C)n2)c1. The Morgan fingerprint density at radius 1 is 1.11 bits per heavy atom. The van der Waals surface area contributed by atoms with Crippen LogP contribution in [-0.2, 0) is 13.1 Å². The van der Waals surface area contributed by atoms with E-state index in [0.29, 0.717) is 30.3 Å². The first kappa shape index (κ1) is 18.3. The number of aryl methyl sites for hydroxylation is 1. The molecular weight excluding hydrogens is 342 g/mol. The first-order valence-corrected chi connectivity index (χ1v) is 8.53. The maximum absolute atomic E-state index is 12.4. The number of rotatable bonds is 7. The van der Waals surface area contributed by atoms with Crippen LogP contribution >= 0.6 is 0 Å². The third-order valence-electron chi connectivity index (χ3n) is 3.98. The zero-order chi connectivity index (χ0) is 19.1. The number of nitrogens with one attached hydrogen (secondary N) is 2. The van der Waals surface area contributed by atoms with Crippen LogP contribution in [0, 0.1) is 6.92 Å². The molecule has 0 atom stereocenters. The average molecular weight is 363 g/mol. The first-order chi connectivity index (χ1) is 13.2. The normalized spacial score (nSPS) is 10.3. The van der Waals surface area contributed by atoms with Gasteiger partial charge in [-0.15, -0.1) is 0 Å². The smallest absolute Gasteiger partial charge is 0.254 e. The zero-order valence-corrected chi connectivity index (χ0v) is 15.3. The number of nitrogens with zero attached hydrogens (tertiary/aromatic N) is 3. The molecule has 1 aromatic carbocycles. The number of hydrogen-bond donors (Lipinski definition) is 2. The van der Waals surface area contributed by atoms with Crippen molar-refractivity contribution in [1.82, 2.24) is 20.3 Å². The molecule has 0 saturated heterocycles. The Balaban J connectivity index is 1.60. The van der Waals surface area contributed by atoms with E-state index in [1.54, 1.807) is 26.4 Å². The molecule has 2 heterocycles. The van der Waals surface area contributed by atoms with Crippen molar-refractivity contribution in [3.05, 3.63) is 77.4 Å². The molecule has 2 aromatic heterocycles. The highest BCUT2D eigenvalue weighted by Gasteiger charge is 2.11. The lowest BCUT2D eigenvalue weighted by molar-refractivity contribution is 0.0949. The molecule has 7 nitrogen and oxygen atoms in total. The molecule has 27 heavy (non-hydrogen) atoms. The highest BCUT2D eigenvalue weighted by molar-refractivity contribution is 5.94. The molecule has 138 valence electrons. The molecule has 0 radical (unpaired) electrons. The van der Waals surface area contributed by atoms with E-state index in [1.165, 1.54) is 6.20 Å². The van der Waals surface area contributed by atoms with Crippen molar-refractivity contribution >= 4 is 11.9 Å². The maximum Gasteiger partial charge on any atom is 0.254 e. The number of benzene rings is 1. The molecule has 3 aromatic rings. The number of hydrogen-bond acceptors (Lipinski definition) is 6. The summed E-state index contributed by atoms with van der Waals surface area (Å²) in [4.78, 5) is 25.0. The van der Waals surface area contributed by atoms with Crippen LogP contribution in [0.2, 0.25) is 0 Å². The first-order valence-electron chi connectivity index (χ1n) is 8.53. The number of carbonyl (C=O) groups is 1. The number of ether oxygens (including phenoxy) is 1. The van der Waals surface area contributed by atoms with Crippen LogP contribution in [0.1, 0.15) is 27.2 Å². The Morgan fingerprint density at radius 3 is 2.70 bits per heavy atom. The van der Waals surface area contributed by atoms with Gasteiger partial charge in [0.15, 0.2) is 0 Å². The second-order valence-electron chi connectivity index (χ2n) is 5.94. The van der Waals surface area contributed by atoms with Crippen molar-refractivity contribution in [2.75, 3.05) is 12.4 Å². The molecule has 3 rings (SSSR count). The van der Waals surface area contributed by atoms with Crippen molar-refractivity contribution in [3.63, 3.8) is 0 Å². The number of pyridine rings is 1. The second-order valence-corrected chi connectivity index (χ2v) is 5.94. The van der Waals surface area contributed by atoms with Crippen LogP contribution in [0.25, 0.3) is 0 Å². The van der Waals surface area contributed by atoms with E-state index in [2.05, 4.69) is 25.6 Å². The number of carbonyl (C=O) groups excluding carboxylic acids is 1. The standard InChI is InChI=1S/C20H21N5O2/c1-14-18(19(26)22-12-16-6-4-8-21-10-16)13-24-20(25-14)23-11-15-5-3-7-17(9-15)27-2/h3-10,13H,11-12H2,1-2H3,(H,22,26)(H,23,24,25). The number of methoxy groups -OCH3 is 1. The topological polar surface area (TPSA) is 89.0 Å². The van der Waals surface area contributed by atoms with Gasteiger partial charge in [-0.3, -0.25) is 9.78 Å². The predicted molar refractivity (Wildman–Crippen MR) is 102 cm³/mol. The van der Waals surface area contributed by atoms with Crippen LogP contribution < -0.4 is 15.4 Å². The van der Waals surface area contributed by atoms with E-state index in [4.69, 9.17) is 4.74 Å². The molecule has 0 aliphatic rings. The maximum atomic E-state index is 12.4. The van der Waals surface area contributed by atoms with Gasteiger partial charge in [0.2, 0.25) is 5.95 Å². The summed E-state index contributed by atoms with van der Waals surface area (Å²) < 4.78 is 5.22. The van der Waals surface area contributed by atoms with Crippen LogP contribution in [0.4, 0.5) is 5.95 Å². The highest BCUT2D eigenvalue weighted by atomic mass is 16.5. The summed E-state index contributed by atoms with van der Waals surface area (Å²) in [6.07, 6.45) is 4.95. The van der Waals surface area contributed by atoms with Crippen molar-refractivity contribution < 1.29 is 9.53 Å². The molecule has 7 heteroatoms. The van der Waals surface area contributed by atoms with Gasteiger partial charge in [-0.2, -0.15) is 0 Å². The third kappa shape index (κ3) is 5.01. The molecule has 0 aliphatic heterocycles. The lowest BCUT2D eigenvalue weighted by Crippen LogP contribution is -2.24. The van der Waals surface area contributed by atoms with E-state index in [0.717, 1.165) is 16.9 Å². The summed E-state index contributed by atoms with van der Waals surface area (Å²) in [5.41, 5.74) is 3.04. The predicted octanol–water partition coefficient (Wildman–Crippen LogP) is 2.73. The number of aromatic nitrogens is 3. The van der Waals surface area contributed by atoms with Crippen molar-refractivity contribution in [2.45, 2.75) is 20.0 Å². The molecule has 0 unspecified atom stereocenters. The van der Waals surface area contributed by atoms with Gasteiger partial charge in [0.25, 0.3) is 5.91 Å². The Morgan fingerprint density at radius 2 is 1.96 bits per heavy atom. The Hall–Kier alpha value is -3.48. The van der Waals surface area contributed by atoms with Gasteiger partial charge >= 0.3 is 0 Å². The van der Waals surface area contributed by atoms with Crippen molar-refractivity contribution in [2.24, 2.45) is 0 Å². The molecule has 0 aliphatic carbocycles. The highest BCUT2D eigenvalue weighted by Crippen LogP contribution is 2.14. The van der Waals surface area contributed by atoms with E-state index in [1.807, 2.05) is 36.4 Å². The summed E-state index contributed by atoms with van der Waals surface area (Å²) in [6.45, 7) is 2.75. The van der Waals surface area contributed by atoms with Gasteiger partial charge in [-0.05, 0) is 36.2 Å². The van der Waals surface area contributed by atoms with E-state index in [-0.39, 0.29) is 5.91 Å². The van der Waals surface area contributed by atoms with E-state index >= 15 is 0 Å². The second kappa shape index (κ2) is 8.75. The third-order valence-corrected chi connectivity index (χ3v) is 3.98. The summed E-state index contributed by atoms with van der Waals surface area (Å²) in [5, 5.41) is 6.01. The molecule has 0 saturated carbocycles. The fourth-order valence-electron chi connectivity index (χ4n) is 2.52. The van der Waals surface area contributed by atoms with Gasteiger partial charge in [-0.1, -0.05) is 18.2 Å². The van der Waals surface area contributed by atoms with Crippen LogP contribution in [0.3, 0.4) is 0 Å². The lowest BCUT2D eigenvalue weighted by Gasteiger charge is -2.10. The summed E-state index contributed by atoms with van der Waals surface area (Å²) >= 11 is 0. The van der Waals surface area contributed by atoms with Crippen LogP contribution in [-0.4, -0.2) is 28.0 Å². The fraction of sp³-hybridized carbons (Fsp3) is 0.200. The van der Waals surface area contributed by atoms with E-state index in [9.17, 15) is 4.79 Å². The molecule has 0 bridgehead atoms. The number of amides is 1. The van der Waals surface area contributed by atoms with Gasteiger partial charge in [0.05, 0.1) is 18.4 Å². The minimum Gasteiger partial charge on any atom is -0.497 e. The Bertz CT molecular complexity index is 915. The Labute approximate surface area is 157 Å². The van der Waals surface area contributed by atoms with Gasteiger partial charge in [-0.25, -0.2) is 9.97 Å². The van der Waals surface area contributed by atoms with Gasteiger partial charge in [0.1, 0.15) is 5.75 Å². The largest absolute Gasteiger partial charge is 0.497 e. The number of anilines is 1. The molecule has 0 fully saturated rings. The van der Waals surface area contributed by atoms with Crippen LogP contribution in [0.5, 0.6) is 5.75 Å². The Kier molecular flexibility index (Phi) is 5.94. The fourth-order valence-corrected chi connectivity index (χ4v) is 2.52. The quantitative estimate of drug-likeness (QED) is 0.671. The molecule has 2 N–H and O–H groups in total. The molecule has 0 spiro atoms. The van der Waals surface area contributed by atoms with E-state index < -0.39 is 0 Å². The monoisotopic (exact) mass is 363 g/mol. The lowest BCUT2D eigenvalue weighted by atomic mass is 10.2. The summed E-state index contributed by atoms with van der Waals surface area (Å²) in [7, 11) is 1.64. The molecular formula is C20H21N5O2. The minimum atomic E-state index is -0.212. The van der Waals surface area contributed by atoms with Crippen molar-refractivity contribution in [1.29, 1.82) is 0 Å². The average Bonchev–Trinajstić information content (AvgIpc) is 2.71. The summed E-state index contributed by atoms with van der Waals surface area (Å²) in [6, 6.07) is 11.5. The van der Waals surface area contributed by atoms with Crippen LogP contribution in [0.15, 0.2) is 55.0 Å². The van der Waals surface area contributed by atoms with Crippen molar-refractivity contribution in [3.8, 4) is 5.75 Å². The molecule has 1 amide bonds. The van der Waals surface area contributed by atoms with Gasteiger partial charge < -0.3 is 15.4 Å². The summed E-state index contributed by atoms with van der Waals surface area (Å²) in [5.74, 6) is 1.06. The zero-order valence-electron chi connectivity index (χ0n) is 15.3. The minimum absolute atomic E-state index is 0.212. The van der Waals surface area contributed by atoms with Gasteiger partial charge in [0, 0.05) is 31.7 Å².